The van der Waals surface area contributed by atoms with Gasteiger partial charge in [0.25, 0.3) is 5.91 Å². The number of carbonyl (C=O) groups is 1. The molecule has 2 heterocycles. The van der Waals surface area contributed by atoms with Crippen LogP contribution in [0.3, 0.4) is 0 Å². The highest BCUT2D eigenvalue weighted by Crippen LogP contribution is 2.20. The van der Waals surface area contributed by atoms with E-state index in [0.29, 0.717) is 17.4 Å². The number of nitrogens with one attached hydrogen (secondary N) is 2. The molecule has 6 heteroatoms. The molecular formula is C13H18N4O2. The average Bonchev–Trinajstić information content (AvgIpc) is 2.98. The molecule has 2 rings (SSSR count). The highest BCUT2D eigenvalue weighted by atomic mass is 16.5. The zero-order chi connectivity index (χ0) is 13.8. The second-order valence-corrected chi connectivity index (χ2v) is 4.68. The quantitative estimate of drug-likeness (QED) is 0.867. The Morgan fingerprint density at radius 2 is 2.32 bits per heavy atom. The lowest BCUT2D eigenvalue weighted by atomic mass is 10.0. The van der Waals surface area contributed by atoms with E-state index in [1.54, 1.807) is 13.0 Å². The molecule has 0 spiro atoms. The van der Waals surface area contributed by atoms with Crippen LogP contribution in [0.5, 0.6) is 0 Å². The minimum atomic E-state index is -0.346. The molecule has 102 valence electrons. The van der Waals surface area contributed by atoms with E-state index in [9.17, 15) is 4.79 Å². The molecule has 0 saturated heterocycles. The van der Waals surface area contributed by atoms with Crippen molar-refractivity contribution >= 4 is 11.7 Å². The smallest absolute Gasteiger partial charge is 0.295 e. The number of carbonyl (C=O) groups excluding carboxylic acids is 1. The largest absolute Gasteiger partial charge is 0.351 e. The van der Waals surface area contributed by atoms with Gasteiger partial charge in [-0.1, -0.05) is 25.4 Å². The molecular weight excluding hydrogens is 244 g/mol. The molecule has 0 saturated carbocycles. The van der Waals surface area contributed by atoms with Crippen molar-refractivity contribution in [2.75, 3.05) is 5.32 Å². The molecule has 19 heavy (non-hydrogen) atoms. The van der Waals surface area contributed by atoms with Crippen LogP contribution in [-0.4, -0.2) is 21.3 Å². The highest BCUT2D eigenvalue weighted by Gasteiger charge is 2.14. The second kappa shape index (κ2) is 5.69. The molecule has 0 aliphatic heterocycles. The van der Waals surface area contributed by atoms with Crippen LogP contribution in [0.4, 0.5) is 5.82 Å². The van der Waals surface area contributed by atoms with E-state index in [-0.39, 0.29) is 11.7 Å². The molecule has 0 bridgehead atoms. The number of H-pyrrole nitrogens is 1. The summed E-state index contributed by atoms with van der Waals surface area (Å²) in [5, 5.41) is 13.4. The van der Waals surface area contributed by atoms with E-state index in [2.05, 4.69) is 34.5 Å². The first-order valence-electron chi connectivity index (χ1n) is 6.40. The molecule has 2 N–H and O–H groups in total. The summed E-state index contributed by atoms with van der Waals surface area (Å²) >= 11 is 0. The van der Waals surface area contributed by atoms with E-state index in [4.69, 9.17) is 4.52 Å². The van der Waals surface area contributed by atoms with Crippen molar-refractivity contribution in [2.45, 2.75) is 39.5 Å². The number of hydrogen-bond acceptors (Lipinski definition) is 4. The summed E-state index contributed by atoms with van der Waals surface area (Å²) in [6.07, 6.45) is 2.19. The number of hydrogen-bond donors (Lipinski definition) is 2. The maximum atomic E-state index is 11.8. The summed E-state index contributed by atoms with van der Waals surface area (Å²) in [4.78, 5) is 11.8. The Balaban J connectivity index is 2.02. The predicted molar refractivity (Wildman–Crippen MR) is 71.1 cm³/mol. The molecule has 0 aliphatic carbocycles. The van der Waals surface area contributed by atoms with Gasteiger partial charge in [-0.25, -0.2) is 0 Å². The van der Waals surface area contributed by atoms with E-state index in [0.717, 1.165) is 18.5 Å². The predicted octanol–water partition coefficient (Wildman–Crippen LogP) is 2.86. The highest BCUT2D eigenvalue weighted by molar-refractivity contribution is 6.01. The third-order valence-corrected chi connectivity index (χ3v) is 2.94. The van der Waals surface area contributed by atoms with Gasteiger partial charge in [-0.05, 0) is 19.3 Å². The van der Waals surface area contributed by atoms with Gasteiger partial charge in [0.15, 0.2) is 5.82 Å². The van der Waals surface area contributed by atoms with Gasteiger partial charge in [-0.2, -0.15) is 5.10 Å². The van der Waals surface area contributed by atoms with Crippen molar-refractivity contribution < 1.29 is 9.32 Å². The van der Waals surface area contributed by atoms with Crippen molar-refractivity contribution in [1.82, 2.24) is 15.4 Å². The van der Waals surface area contributed by atoms with E-state index < -0.39 is 0 Å². The zero-order valence-corrected chi connectivity index (χ0v) is 11.4. The molecule has 0 radical (unpaired) electrons. The number of rotatable bonds is 5. The molecule has 6 nitrogen and oxygen atoms in total. The van der Waals surface area contributed by atoms with Crippen LogP contribution in [-0.2, 0) is 0 Å². The third kappa shape index (κ3) is 3.21. The van der Waals surface area contributed by atoms with E-state index in [1.807, 2.05) is 6.07 Å². The van der Waals surface area contributed by atoms with Gasteiger partial charge in [0.2, 0.25) is 5.76 Å². The molecule has 2 aromatic rings. The van der Waals surface area contributed by atoms with Gasteiger partial charge >= 0.3 is 0 Å². The van der Waals surface area contributed by atoms with Crippen molar-refractivity contribution in [1.29, 1.82) is 0 Å². The van der Waals surface area contributed by atoms with Gasteiger partial charge in [0.05, 0.1) is 5.69 Å². The number of aromatic amines is 1. The Morgan fingerprint density at radius 3 is 2.95 bits per heavy atom. The monoisotopic (exact) mass is 262 g/mol. The minimum absolute atomic E-state index is 0.184. The van der Waals surface area contributed by atoms with E-state index >= 15 is 0 Å². The summed E-state index contributed by atoms with van der Waals surface area (Å²) in [5.41, 5.74) is 1.69. The van der Waals surface area contributed by atoms with Gasteiger partial charge in [-0.15, -0.1) is 0 Å². The Hall–Kier alpha value is -2.11. The third-order valence-electron chi connectivity index (χ3n) is 2.94. The van der Waals surface area contributed by atoms with Crippen LogP contribution in [0.25, 0.3) is 0 Å². The first-order chi connectivity index (χ1) is 9.10. The maximum Gasteiger partial charge on any atom is 0.295 e. The summed E-state index contributed by atoms with van der Waals surface area (Å²) < 4.78 is 4.89. The summed E-state index contributed by atoms with van der Waals surface area (Å²) in [6.45, 7) is 6.03. The summed E-state index contributed by atoms with van der Waals surface area (Å²) in [5.74, 6) is 0.734. The molecule has 0 aliphatic rings. The van der Waals surface area contributed by atoms with Crippen LogP contribution in [0.15, 0.2) is 16.7 Å². The van der Waals surface area contributed by atoms with Gasteiger partial charge in [0, 0.05) is 17.8 Å². The Labute approximate surface area is 111 Å². The Bertz CT molecular complexity index is 558. The van der Waals surface area contributed by atoms with Crippen LogP contribution in [0, 0.1) is 6.92 Å². The van der Waals surface area contributed by atoms with Crippen LogP contribution in [0.1, 0.15) is 54.5 Å². The van der Waals surface area contributed by atoms with Gasteiger partial charge in [0.1, 0.15) is 0 Å². The second-order valence-electron chi connectivity index (χ2n) is 4.68. The Morgan fingerprint density at radius 1 is 1.53 bits per heavy atom. The number of aromatic nitrogens is 3. The number of anilines is 1. The first-order valence-corrected chi connectivity index (χ1v) is 6.40. The van der Waals surface area contributed by atoms with Gasteiger partial charge < -0.3 is 9.84 Å². The lowest BCUT2D eigenvalue weighted by Crippen LogP contribution is -2.11. The van der Waals surface area contributed by atoms with E-state index in [1.165, 1.54) is 0 Å². The lowest BCUT2D eigenvalue weighted by Gasteiger charge is -2.05. The molecule has 2 aromatic heterocycles. The molecule has 0 unspecified atom stereocenters. The van der Waals surface area contributed by atoms with Gasteiger partial charge in [-0.3, -0.25) is 9.89 Å². The van der Waals surface area contributed by atoms with Crippen molar-refractivity contribution in [3.8, 4) is 0 Å². The maximum absolute atomic E-state index is 11.8. The number of aryl methyl sites for hydroxylation is 1. The standard InChI is InChI=1S/C13H18N4O2/c1-4-5-8(2)10-7-12(16-15-10)14-13(18)11-6-9(3)17-19-11/h6-8H,4-5H2,1-3H3,(H2,14,15,16,18)/t8-/m0/s1. The normalized spacial score (nSPS) is 12.4. The van der Waals surface area contributed by atoms with Crippen molar-refractivity contribution in [3.63, 3.8) is 0 Å². The SMILES string of the molecule is CCC[C@H](C)c1cc(NC(=O)c2cc(C)no2)n[nH]1. The fourth-order valence-corrected chi connectivity index (χ4v) is 1.89. The van der Waals surface area contributed by atoms with Crippen LogP contribution < -0.4 is 5.32 Å². The molecule has 1 amide bonds. The first kappa shape index (κ1) is 13.3. The topological polar surface area (TPSA) is 83.8 Å². The average molecular weight is 262 g/mol. The molecule has 1 atom stereocenters. The van der Waals surface area contributed by atoms with Crippen LogP contribution in [0.2, 0.25) is 0 Å². The fraction of sp³-hybridized carbons (Fsp3) is 0.462. The van der Waals surface area contributed by atoms with Crippen molar-refractivity contribution in [2.24, 2.45) is 0 Å². The van der Waals surface area contributed by atoms with Crippen LogP contribution >= 0.6 is 0 Å². The number of nitrogens with zero attached hydrogens (tertiary/aromatic N) is 2. The molecule has 0 fully saturated rings. The van der Waals surface area contributed by atoms with Crippen molar-refractivity contribution in [3.05, 3.63) is 29.3 Å². The Kier molecular flexibility index (Phi) is 3.99. The fourth-order valence-electron chi connectivity index (χ4n) is 1.89. The molecule has 0 aromatic carbocycles. The lowest BCUT2D eigenvalue weighted by molar-refractivity contribution is 0.0987. The summed E-state index contributed by atoms with van der Waals surface area (Å²) in [6, 6.07) is 3.43. The zero-order valence-electron chi connectivity index (χ0n) is 11.4. The summed E-state index contributed by atoms with van der Waals surface area (Å²) in [7, 11) is 0. The number of amides is 1. The minimum Gasteiger partial charge on any atom is -0.351 e.